The molecule has 0 unspecified atom stereocenters. The third kappa shape index (κ3) is 3.71. The second kappa shape index (κ2) is 7.84. The number of rotatable bonds is 5. The summed E-state index contributed by atoms with van der Waals surface area (Å²) >= 11 is 2.99. The Morgan fingerprint density at radius 3 is 2.58 bits per heavy atom. The lowest BCUT2D eigenvalue weighted by Gasteiger charge is -2.01. The fourth-order valence-corrected chi connectivity index (χ4v) is 4.37. The number of amides is 1. The number of nitro benzene ring substituents is 1. The summed E-state index contributed by atoms with van der Waals surface area (Å²) in [5, 5.41) is 11.0. The minimum absolute atomic E-state index is 0.0314. The Balaban J connectivity index is 2.02. The molecule has 3 rings (SSSR count). The fraction of sp³-hybridized carbons (Fsp3) is 0.222. The molecule has 0 saturated carbocycles. The molecule has 1 heterocycles. The highest BCUT2D eigenvalue weighted by Crippen LogP contribution is 2.23. The Labute approximate surface area is 158 Å². The van der Waals surface area contributed by atoms with Gasteiger partial charge in [0.2, 0.25) is 0 Å². The summed E-state index contributed by atoms with van der Waals surface area (Å²) < 4.78 is 2.63. The topological polar surface area (TPSA) is 77.5 Å². The Morgan fingerprint density at radius 1 is 1.23 bits per heavy atom. The normalized spacial score (nSPS) is 11.8. The van der Waals surface area contributed by atoms with Crippen molar-refractivity contribution in [2.45, 2.75) is 25.3 Å². The molecule has 8 heteroatoms. The van der Waals surface area contributed by atoms with Crippen molar-refractivity contribution in [3.05, 3.63) is 62.9 Å². The van der Waals surface area contributed by atoms with Gasteiger partial charge >= 0.3 is 0 Å². The number of carbonyl (C=O) groups excluding carboxylic acids is 1. The van der Waals surface area contributed by atoms with Gasteiger partial charge in [-0.2, -0.15) is 4.99 Å². The minimum atomic E-state index is -0.423. The van der Waals surface area contributed by atoms with E-state index in [1.807, 2.05) is 23.6 Å². The maximum absolute atomic E-state index is 12.5. The van der Waals surface area contributed by atoms with Gasteiger partial charge in [-0.1, -0.05) is 18.3 Å². The Morgan fingerprint density at radius 2 is 1.96 bits per heavy atom. The van der Waals surface area contributed by atoms with Crippen molar-refractivity contribution in [1.29, 1.82) is 0 Å². The van der Waals surface area contributed by atoms with Crippen molar-refractivity contribution >= 4 is 44.9 Å². The van der Waals surface area contributed by atoms with Gasteiger partial charge in [-0.15, -0.1) is 11.8 Å². The van der Waals surface area contributed by atoms with Gasteiger partial charge in [0.1, 0.15) is 0 Å². The van der Waals surface area contributed by atoms with Gasteiger partial charge < -0.3 is 4.57 Å². The zero-order chi connectivity index (χ0) is 18.7. The first kappa shape index (κ1) is 18.3. The maximum atomic E-state index is 12.5. The molecule has 0 N–H and O–H groups in total. The van der Waals surface area contributed by atoms with Crippen LogP contribution in [0.4, 0.5) is 5.69 Å². The molecule has 0 saturated heterocycles. The summed E-state index contributed by atoms with van der Waals surface area (Å²) in [5.74, 6) is 0.656. The highest BCUT2D eigenvalue weighted by molar-refractivity contribution is 7.99. The molecule has 3 aromatic rings. The van der Waals surface area contributed by atoms with Gasteiger partial charge in [-0.3, -0.25) is 14.9 Å². The quantitative estimate of drug-likeness (QED) is 0.367. The fourth-order valence-electron chi connectivity index (χ4n) is 2.58. The van der Waals surface area contributed by atoms with E-state index in [2.05, 4.69) is 11.9 Å². The summed E-state index contributed by atoms with van der Waals surface area (Å²) in [5.41, 5.74) is 1.39. The van der Waals surface area contributed by atoms with Crippen molar-refractivity contribution in [2.24, 2.45) is 4.99 Å². The van der Waals surface area contributed by atoms with Gasteiger partial charge in [0.05, 0.1) is 15.1 Å². The van der Waals surface area contributed by atoms with Crippen molar-refractivity contribution in [3.63, 3.8) is 0 Å². The lowest BCUT2D eigenvalue weighted by molar-refractivity contribution is -0.384. The SMILES string of the molecule is CCSc1ccc(C(=O)N=c2sc3cc([N+](=O)[O-])ccc3n2CC)cc1. The third-order valence-electron chi connectivity index (χ3n) is 3.80. The van der Waals surface area contributed by atoms with Crippen molar-refractivity contribution in [1.82, 2.24) is 4.57 Å². The molecule has 0 atom stereocenters. The summed E-state index contributed by atoms with van der Waals surface area (Å²) in [6.45, 7) is 4.65. The van der Waals surface area contributed by atoms with Gasteiger partial charge in [-0.25, -0.2) is 0 Å². The van der Waals surface area contributed by atoms with E-state index in [1.54, 1.807) is 30.0 Å². The smallest absolute Gasteiger partial charge is 0.279 e. The number of thioether (sulfide) groups is 1. The van der Waals surface area contributed by atoms with E-state index in [-0.39, 0.29) is 11.6 Å². The molecule has 0 bridgehead atoms. The van der Waals surface area contributed by atoms with E-state index in [0.717, 1.165) is 20.9 Å². The number of thiazole rings is 1. The van der Waals surface area contributed by atoms with Crippen LogP contribution in [-0.2, 0) is 6.54 Å². The highest BCUT2D eigenvalue weighted by Gasteiger charge is 2.12. The van der Waals surface area contributed by atoms with E-state index in [4.69, 9.17) is 0 Å². The van der Waals surface area contributed by atoms with Crippen LogP contribution in [0.15, 0.2) is 52.4 Å². The lowest BCUT2D eigenvalue weighted by Crippen LogP contribution is -2.15. The molecule has 26 heavy (non-hydrogen) atoms. The maximum Gasteiger partial charge on any atom is 0.279 e. The minimum Gasteiger partial charge on any atom is -0.317 e. The molecular weight excluding hydrogens is 370 g/mol. The van der Waals surface area contributed by atoms with Gasteiger partial charge in [0.25, 0.3) is 11.6 Å². The van der Waals surface area contributed by atoms with E-state index in [1.165, 1.54) is 23.5 Å². The Bertz CT molecular complexity index is 1040. The van der Waals surface area contributed by atoms with Crippen LogP contribution in [0.2, 0.25) is 0 Å². The summed E-state index contributed by atoms with van der Waals surface area (Å²) in [4.78, 5) is 29.0. The number of fused-ring (bicyclic) bond motifs is 1. The highest BCUT2D eigenvalue weighted by atomic mass is 32.2. The van der Waals surface area contributed by atoms with Crippen LogP contribution in [0.5, 0.6) is 0 Å². The average molecular weight is 387 g/mol. The van der Waals surface area contributed by atoms with E-state index < -0.39 is 4.92 Å². The molecule has 0 aliphatic carbocycles. The molecule has 0 spiro atoms. The van der Waals surface area contributed by atoms with E-state index >= 15 is 0 Å². The molecule has 134 valence electrons. The van der Waals surface area contributed by atoms with Crippen molar-refractivity contribution in [3.8, 4) is 0 Å². The monoisotopic (exact) mass is 387 g/mol. The first-order chi connectivity index (χ1) is 12.5. The molecule has 2 aromatic carbocycles. The number of hydrogen-bond donors (Lipinski definition) is 0. The number of hydrogen-bond acceptors (Lipinski definition) is 5. The number of aromatic nitrogens is 1. The number of non-ortho nitro benzene ring substituents is 1. The molecule has 6 nitrogen and oxygen atoms in total. The molecule has 0 radical (unpaired) electrons. The number of carbonyl (C=O) groups is 1. The standard InChI is InChI=1S/C18H17N3O3S2/c1-3-20-15-10-7-13(21(23)24)11-16(15)26-18(20)19-17(22)12-5-8-14(9-6-12)25-4-2/h5-11H,3-4H2,1-2H3. The van der Waals surface area contributed by atoms with Crippen LogP contribution in [0, 0.1) is 10.1 Å². The number of nitrogens with zero attached hydrogens (tertiary/aromatic N) is 3. The lowest BCUT2D eigenvalue weighted by atomic mass is 10.2. The molecule has 0 aliphatic heterocycles. The zero-order valence-corrected chi connectivity index (χ0v) is 16.0. The molecule has 1 amide bonds. The van der Waals surface area contributed by atoms with Crippen molar-refractivity contribution < 1.29 is 9.72 Å². The Kier molecular flexibility index (Phi) is 5.53. The average Bonchev–Trinajstić information content (AvgIpc) is 2.98. The van der Waals surface area contributed by atoms with Crippen LogP contribution in [0.25, 0.3) is 10.2 Å². The molecule has 0 aliphatic rings. The molecular formula is C18H17N3O3S2. The largest absolute Gasteiger partial charge is 0.317 e. The van der Waals surface area contributed by atoms with Crippen LogP contribution in [0.1, 0.15) is 24.2 Å². The Hall–Kier alpha value is -2.45. The summed E-state index contributed by atoms with van der Waals surface area (Å²) in [7, 11) is 0. The van der Waals surface area contributed by atoms with Gasteiger partial charge in [0, 0.05) is 29.1 Å². The van der Waals surface area contributed by atoms with Gasteiger partial charge in [-0.05, 0) is 43.0 Å². The first-order valence-electron chi connectivity index (χ1n) is 8.13. The van der Waals surface area contributed by atoms with Crippen LogP contribution < -0.4 is 4.80 Å². The molecule has 0 fully saturated rings. The number of aryl methyl sites for hydroxylation is 1. The second-order valence-corrected chi connectivity index (χ2v) is 7.76. The van der Waals surface area contributed by atoms with E-state index in [0.29, 0.717) is 16.9 Å². The number of nitro groups is 1. The molecule has 1 aromatic heterocycles. The predicted molar refractivity (Wildman–Crippen MR) is 105 cm³/mol. The van der Waals surface area contributed by atoms with Crippen LogP contribution in [-0.4, -0.2) is 21.2 Å². The summed E-state index contributed by atoms with van der Waals surface area (Å²) in [6.07, 6.45) is 0. The first-order valence-corrected chi connectivity index (χ1v) is 9.93. The van der Waals surface area contributed by atoms with Crippen LogP contribution in [0.3, 0.4) is 0 Å². The van der Waals surface area contributed by atoms with Crippen molar-refractivity contribution in [2.75, 3.05) is 5.75 Å². The predicted octanol–water partition coefficient (Wildman–Crippen LogP) is 4.48. The second-order valence-electron chi connectivity index (χ2n) is 5.41. The van der Waals surface area contributed by atoms with Gasteiger partial charge in [0.15, 0.2) is 4.80 Å². The zero-order valence-electron chi connectivity index (χ0n) is 14.3. The van der Waals surface area contributed by atoms with Crippen LogP contribution >= 0.6 is 23.1 Å². The summed E-state index contributed by atoms with van der Waals surface area (Å²) in [6, 6.07) is 12.1. The number of benzene rings is 2. The van der Waals surface area contributed by atoms with E-state index in [9.17, 15) is 14.9 Å². The third-order valence-corrected chi connectivity index (χ3v) is 5.74.